The molecule has 2 aromatic rings. The van der Waals surface area contributed by atoms with Crippen LogP contribution in [0.5, 0.6) is 5.75 Å². The summed E-state index contributed by atoms with van der Waals surface area (Å²) in [5, 5.41) is 4.58. The van der Waals surface area contributed by atoms with Crippen molar-refractivity contribution in [1.29, 1.82) is 0 Å². The summed E-state index contributed by atoms with van der Waals surface area (Å²) in [6, 6.07) is 1.34. The molecule has 0 aliphatic carbocycles. The highest BCUT2D eigenvalue weighted by Gasteiger charge is 2.23. The van der Waals surface area contributed by atoms with E-state index < -0.39 is 6.04 Å². The predicted molar refractivity (Wildman–Crippen MR) is 68.8 cm³/mol. The molecule has 0 aromatic carbocycles. The van der Waals surface area contributed by atoms with Crippen molar-refractivity contribution in [1.82, 2.24) is 9.78 Å². The number of rotatable bonds is 5. The Morgan fingerprint density at radius 1 is 1.61 bits per heavy atom. The van der Waals surface area contributed by atoms with Gasteiger partial charge in [-0.25, -0.2) is 0 Å². The molecule has 0 saturated carbocycles. The molecule has 0 spiro atoms. The van der Waals surface area contributed by atoms with Crippen molar-refractivity contribution < 1.29 is 9.15 Å². The molecule has 6 heteroatoms. The number of nitrogens with two attached hydrogens (primary N) is 1. The molecule has 2 aromatic heterocycles. The van der Waals surface area contributed by atoms with Gasteiger partial charge in [0.1, 0.15) is 5.69 Å². The van der Waals surface area contributed by atoms with Crippen molar-refractivity contribution in [3.8, 4) is 5.75 Å². The molecule has 0 aliphatic heterocycles. The largest absolute Gasteiger partial charge is 0.493 e. The molecule has 0 radical (unpaired) electrons. The van der Waals surface area contributed by atoms with E-state index in [1.165, 1.54) is 6.26 Å². The molecule has 2 heterocycles. The maximum atomic E-state index is 6.23. The number of methoxy groups -OCH3 is 1. The predicted octanol–water partition coefficient (Wildman–Crippen LogP) is 2.60. The van der Waals surface area contributed by atoms with Gasteiger partial charge < -0.3 is 14.9 Å². The minimum Gasteiger partial charge on any atom is -0.493 e. The lowest BCUT2D eigenvalue weighted by Gasteiger charge is -2.14. The Hall–Kier alpha value is -1.46. The van der Waals surface area contributed by atoms with Crippen LogP contribution in [0.1, 0.15) is 30.6 Å². The SMILES string of the molecule is CCCn1ncc(OC)c1C(N)c1ccoc1Cl. The third-order valence-electron chi connectivity index (χ3n) is 2.78. The second-order valence-corrected chi connectivity index (χ2v) is 4.29. The number of ether oxygens (including phenoxy) is 1. The van der Waals surface area contributed by atoms with Gasteiger partial charge in [0.25, 0.3) is 0 Å². The van der Waals surface area contributed by atoms with Crippen molar-refractivity contribution >= 4 is 11.6 Å². The van der Waals surface area contributed by atoms with Gasteiger partial charge in [-0.1, -0.05) is 6.92 Å². The smallest absolute Gasteiger partial charge is 0.198 e. The summed E-state index contributed by atoms with van der Waals surface area (Å²) in [6.07, 6.45) is 4.15. The average molecular weight is 270 g/mol. The van der Waals surface area contributed by atoms with Crippen molar-refractivity contribution in [2.24, 2.45) is 5.73 Å². The van der Waals surface area contributed by atoms with Gasteiger partial charge in [-0.05, 0) is 24.1 Å². The van der Waals surface area contributed by atoms with Crippen LogP contribution < -0.4 is 10.5 Å². The highest BCUT2D eigenvalue weighted by atomic mass is 35.5. The van der Waals surface area contributed by atoms with E-state index in [2.05, 4.69) is 12.0 Å². The standard InChI is InChI=1S/C12H16ClN3O2/c1-3-5-16-11(9(17-2)7-15-16)10(14)8-4-6-18-12(8)13/h4,6-7,10H,3,5,14H2,1-2H3. The van der Waals surface area contributed by atoms with Crippen LogP contribution in [0.25, 0.3) is 0 Å². The molecule has 98 valence electrons. The zero-order valence-corrected chi connectivity index (χ0v) is 11.1. The Kier molecular flexibility index (Phi) is 3.93. The lowest BCUT2D eigenvalue weighted by atomic mass is 10.1. The van der Waals surface area contributed by atoms with E-state index in [1.54, 1.807) is 19.4 Å². The fraction of sp³-hybridized carbons (Fsp3) is 0.417. The summed E-state index contributed by atoms with van der Waals surface area (Å²) in [5.74, 6) is 0.660. The van der Waals surface area contributed by atoms with Crippen LogP contribution >= 0.6 is 11.6 Å². The van der Waals surface area contributed by atoms with Gasteiger partial charge in [0.05, 0.1) is 25.6 Å². The summed E-state index contributed by atoms with van der Waals surface area (Å²) in [6.45, 7) is 2.86. The third kappa shape index (κ3) is 2.23. The topological polar surface area (TPSA) is 66.2 Å². The van der Waals surface area contributed by atoms with Crippen molar-refractivity contribution in [3.05, 3.63) is 35.0 Å². The quantitative estimate of drug-likeness (QED) is 0.906. The second kappa shape index (κ2) is 5.46. The number of halogens is 1. The zero-order valence-electron chi connectivity index (χ0n) is 10.4. The summed E-state index contributed by atoms with van der Waals surface area (Å²) >= 11 is 5.96. The van der Waals surface area contributed by atoms with Crippen LogP contribution in [0.15, 0.2) is 22.9 Å². The van der Waals surface area contributed by atoms with Crippen molar-refractivity contribution in [2.45, 2.75) is 25.9 Å². The van der Waals surface area contributed by atoms with E-state index in [4.69, 9.17) is 26.5 Å². The molecule has 0 saturated heterocycles. The van der Waals surface area contributed by atoms with E-state index in [0.29, 0.717) is 11.0 Å². The Balaban J connectivity index is 2.42. The normalized spacial score (nSPS) is 12.7. The molecule has 0 aliphatic rings. The average Bonchev–Trinajstić information content (AvgIpc) is 2.95. The molecule has 1 unspecified atom stereocenters. The van der Waals surface area contributed by atoms with Crippen LogP contribution in [-0.4, -0.2) is 16.9 Å². The van der Waals surface area contributed by atoms with E-state index in [1.807, 2.05) is 4.68 Å². The highest BCUT2D eigenvalue weighted by Crippen LogP contribution is 2.32. The van der Waals surface area contributed by atoms with Crippen LogP contribution in [0.2, 0.25) is 5.22 Å². The Bertz CT molecular complexity index is 521. The number of furan rings is 1. The van der Waals surface area contributed by atoms with Gasteiger partial charge in [0.15, 0.2) is 11.0 Å². The lowest BCUT2D eigenvalue weighted by Crippen LogP contribution is -2.18. The monoisotopic (exact) mass is 269 g/mol. The Labute approximate surface area is 110 Å². The molecule has 2 N–H and O–H groups in total. The first-order valence-electron chi connectivity index (χ1n) is 5.77. The van der Waals surface area contributed by atoms with Gasteiger partial charge in [-0.3, -0.25) is 4.68 Å². The summed E-state index contributed by atoms with van der Waals surface area (Å²) < 4.78 is 12.2. The first kappa shape index (κ1) is 13.0. The van der Waals surface area contributed by atoms with Crippen molar-refractivity contribution in [2.75, 3.05) is 7.11 Å². The maximum Gasteiger partial charge on any atom is 0.198 e. The lowest BCUT2D eigenvalue weighted by molar-refractivity contribution is 0.403. The van der Waals surface area contributed by atoms with Gasteiger partial charge in [-0.15, -0.1) is 0 Å². The van der Waals surface area contributed by atoms with Gasteiger partial charge in [-0.2, -0.15) is 5.10 Å². The van der Waals surface area contributed by atoms with E-state index in [9.17, 15) is 0 Å². The maximum absolute atomic E-state index is 6.23. The fourth-order valence-electron chi connectivity index (χ4n) is 1.91. The van der Waals surface area contributed by atoms with Crippen LogP contribution in [-0.2, 0) is 6.54 Å². The summed E-state index contributed by atoms with van der Waals surface area (Å²) in [7, 11) is 1.60. The Morgan fingerprint density at radius 3 is 2.94 bits per heavy atom. The van der Waals surface area contributed by atoms with Crippen molar-refractivity contribution in [3.63, 3.8) is 0 Å². The summed E-state index contributed by atoms with van der Waals surface area (Å²) in [5.41, 5.74) is 7.77. The number of aromatic nitrogens is 2. The third-order valence-corrected chi connectivity index (χ3v) is 3.08. The molecule has 2 rings (SSSR count). The number of hydrogen-bond donors (Lipinski definition) is 1. The highest BCUT2D eigenvalue weighted by molar-refractivity contribution is 6.29. The molecule has 0 bridgehead atoms. The molecule has 0 amide bonds. The van der Waals surface area contributed by atoms with E-state index in [0.717, 1.165) is 24.2 Å². The first-order valence-corrected chi connectivity index (χ1v) is 6.15. The number of hydrogen-bond acceptors (Lipinski definition) is 4. The van der Waals surface area contributed by atoms with Crippen LogP contribution in [0.3, 0.4) is 0 Å². The van der Waals surface area contributed by atoms with Gasteiger partial charge in [0, 0.05) is 12.1 Å². The van der Waals surface area contributed by atoms with Crippen LogP contribution in [0, 0.1) is 0 Å². The van der Waals surface area contributed by atoms with Gasteiger partial charge >= 0.3 is 0 Å². The minimum atomic E-state index is -0.416. The van der Waals surface area contributed by atoms with Gasteiger partial charge in [0.2, 0.25) is 0 Å². The molecule has 1 atom stereocenters. The zero-order chi connectivity index (χ0) is 13.1. The number of aryl methyl sites for hydroxylation is 1. The Morgan fingerprint density at radius 2 is 2.39 bits per heavy atom. The van der Waals surface area contributed by atoms with E-state index in [-0.39, 0.29) is 0 Å². The molecular weight excluding hydrogens is 254 g/mol. The number of nitrogens with zero attached hydrogens (tertiary/aromatic N) is 2. The van der Waals surface area contributed by atoms with Crippen LogP contribution in [0.4, 0.5) is 0 Å². The van der Waals surface area contributed by atoms with E-state index >= 15 is 0 Å². The fourth-order valence-corrected chi connectivity index (χ4v) is 2.14. The first-order chi connectivity index (χ1) is 8.69. The molecule has 5 nitrogen and oxygen atoms in total. The molecule has 18 heavy (non-hydrogen) atoms. The minimum absolute atomic E-state index is 0.300. The molecular formula is C12H16ClN3O2. The second-order valence-electron chi connectivity index (χ2n) is 3.95. The summed E-state index contributed by atoms with van der Waals surface area (Å²) in [4.78, 5) is 0. The molecule has 0 fully saturated rings.